The lowest BCUT2D eigenvalue weighted by atomic mass is 9.86. The molecule has 28 heavy (non-hydrogen) atoms. The molecule has 0 aliphatic heterocycles. The fourth-order valence-corrected chi connectivity index (χ4v) is 2.09. The van der Waals surface area contributed by atoms with E-state index in [1.54, 1.807) is 0 Å². The third-order valence-corrected chi connectivity index (χ3v) is 3.45. The van der Waals surface area contributed by atoms with Gasteiger partial charge in [-0.2, -0.15) is 52.7 Å². The molecule has 0 aromatic heterocycles. The van der Waals surface area contributed by atoms with Crippen molar-refractivity contribution in [3.8, 4) is 0 Å². The molecule has 0 atom stereocenters. The van der Waals surface area contributed by atoms with E-state index in [0.29, 0.717) is 0 Å². The normalized spacial score (nSPS) is 14.9. The number of alkyl halides is 14. The van der Waals surface area contributed by atoms with Crippen molar-refractivity contribution in [2.75, 3.05) is 0 Å². The SMILES string of the molecule is O=Cc1cc(C(F)(C(F)(F)F)C(F)(F)F)cc(C(F)(C(F)(F)F)C(F)(F)F)c1. The molecule has 0 radical (unpaired) electrons. The second-order valence-electron chi connectivity index (χ2n) is 5.27. The molecule has 15 heteroatoms. The van der Waals surface area contributed by atoms with E-state index in [4.69, 9.17) is 0 Å². The van der Waals surface area contributed by atoms with E-state index < -0.39 is 77.2 Å². The topological polar surface area (TPSA) is 17.1 Å². The van der Waals surface area contributed by atoms with Gasteiger partial charge in [-0.25, -0.2) is 8.78 Å². The van der Waals surface area contributed by atoms with Crippen LogP contribution in [0.4, 0.5) is 61.5 Å². The molecule has 160 valence electrons. The molecule has 1 aromatic carbocycles. The van der Waals surface area contributed by atoms with Gasteiger partial charge in [0.1, 0.15) is 6.29 Å². The van der Waals surface area contributed by atoms with Gasteiger partial charge in [0.25, 0.3) is 0 Å². The zero-order valence-electron chi connectivity index (χ0n) is 12.5. The van der Waals surface area contributed by atoms with Crippen LogP contribution in [0.25, 0.3) is 0 Å². The largest absolute Gasteiger partial charge is 0.435 e. The number of hydrogen-bond donors (Lipinski definition) is 0. The lowest BCUT2D eigenvalue weighted by molar-refractivity contribution is -0.350. The van der Waals surface area contributed by atoms with Crippen molar-refractivity contribution in [1.82, 2.24) is 0 Å². The minimum absolute atomic E-state index is 0.593. The van der Waals surface area contributed by atoms with Gasteiger partial charge in [0.2, 0.25) is 0 Å². The van der Waals surface area contributed by atoms with Crippen LogP contribution in [0.3, 0.4) is 0 Å². The molecule has 0 aliphatic carbocycles. The molecule has 1 nitrogen and oxygen atoms in total. The third-order valence-electron chi connectivity index (χ3n) is 3.45. The van der Waals surface area contributed by atoms with Crippen LogP contribution < -0.4 is 0 Å². The van der Waals surface area contributed by atoms with Crippen LogP contribution in [0.15, 0.2) is 18.2 Å². The molecule has 0 saturated heterocycles. The van der Waals surface area contributed by atoms with Crippen LogP contribution >= 0.6 is 0 Å². The van der Waals surface area contributed by atoms with Crippen LogP contribution in [-0.4, -0.2) is 31.0 Å². The maximum absolute atomic E-state index is 14.0. The second kappa shape index (κ2) is 6.47. The van der Waals surface area contributed by atoms with Crippen LogP contribution in [0, 0.1) is 0 Å². The Labute approximate surface area is 144 Å². The molecule has 0 amide bonds. The Hall–Kier alpha value is -2.09. The van der Waals surface area contributed by atoms with Crippen LogP contribution in [0.2, 0.25) is 0 Å². The van der Waals surface area contributed by atoms with Crippen molar-refractivity contribution in [1.29, 1.82) is 0 Å². The van der Waals surface area contributed by atoms with Gasteiger partial charge in [-0.05, 0) is 18.2 Å². The molecule has 0 unspecified atom stereocenters. The summed E-state index contributed by atoms with van der Waals surface area (Å²) in [6.45, 7) is 0. The first-order chi connectivity index (χ1) is 12.1. The van der Waals surface area contributed by atoms with Gasteiger partial charge >= 0.3 is 36.0 Å². The average molecular weight is 442 g/mol. The van der Waals surface area contributed by atoms with E-state index in [-0.39, 0.29) is 0 Å². The Morgan fingerprint density at radius 1 is 0.500 bits per heavy atom. The van der Waals surface area contributed by atoms with E-state index in [1.807, 2.05) is 0 Å². The molecular formula is C13H4F14O. The first kappa shape index (κ1) is 23.9. The minimum Gasteiger partial charge on any atom is -0.298 e. The number of rotatable bonds is 3. The van der Waals surface area contributed by atoms with Crippen molar-refractivity contribution < 1.29 is 66.3 Å². The van der Waals surface area contributed by atoms with Gasteiger partial charge < -0.3 is 0 Å². The highest BCUT2D eigenvalue weighted by Crippen LogP contribution is 2.57. The number of hydrogen-bond acceptors (Lipinski definition) is 1. The maximum Gasteiger partial charge on any atom is 0.435 e. The van der Waals surface area contributed by atoms with Crippen molar-refractivity contribution in [2.45, 2.75) is 36.0 Å². The molecule has 0 bridgehead atoms. The summed E-state index contributed by atoms with van der Waals surface area (Å²) in [5.41, 5.74) is -20.5. The highest BCUT2D eigenvalue weighted by Gasteiger charge is 2.76. The van der Waals surface area contributed by atoms with Crippen molar-refractivity contribution in [2.24, 2.45) is 0 Å². The first-order valence-electron chi connectivity index (χ1n) is 6.40. The molecular weight excluding hydrogens is 438 g/mol. The monoisotopic (exact) mass is 442 g/mol. The number of carbonyl (C=O) groups is 1. The molecule has 0 spiro atoms. The van der Waals surface area contributed by atoms with E-state index in [9.17, 15) is 66.3 Å². The van der Waals surface area contributed by atoms with Gasteiger partial charge in [0, 0.05) is 16.7 Å². The second-order valence-corrected chi connectivity index (χ2v) is 5.27. The van der Waals surface area contributed by atoms with Crippen molar-refractivity contribution in [3.05, 3.63) is 34.9 Å². The first-order valence-corrected chi connectivity index (χ1v) is 6.40. The van der Waals surface area contributed by atoms with Gasteiger partial charge in [0.15, 0.2) is 0 Å². The predicted molar refractivity (Wildman–Crippen MR) is 61.6 cm³/mol. The number of carbonyl (C=O) groups excluding carboxylic acids is 1. The summed E-state index contributed by atoms with van der Waals surface area (Å²) >= 11 is 0. The zero-order chi connectivity index (χ0) is 22.6. The summed E-state index contributed by atoms with van der Waals surface area (Å²) in [7, 11) is 0. The smallest absolute Gasteiger partial charge is 0.298 e. The van der Waals surface area contributed by atoms with E-state index in [1.165, 1.54) is 0 Å². The molecule has 0 heterocycles. The van der Waals surface area contributed by atoms with E-state index >= 15 is 0 Å². The molecule has 0 aliphatic rings. The zero-order valence-corrected chi connectivity index (χ0v) is 12.5. The highest BCUT2D eigenvalue weighted by molar-refractivity contribution is 5.76. The quantitative estimate of drug-likeness (QED) is 0.410. The van der Waals surface area contributed by atoms with Crippen LogP contribution in [0.5, 0.6) is 0 Å². The highest BCUT2D eigenvalue weighted by atomic mass is 19.4. The van der Waals surface area contributed by atoms with E-state index in [2.05, 4.69) is 0 Å². The summed E-state index contributed by atoms with van der Waals surface area (Å²) in [4.78, 5) is 10.6. The number of benzene rings is 1. The summed E-state index contributed by atoms with van der Waals surface area (Å²) < 4.78 is 180. The fourth-order valence-electron chi connectivity index (χ4n) is 2.09. The lowest BCUT2D eigenvalue weighted by Crippen LogP contribution is -2.52. The van der Waals surface area contributed by atoms with E-state index in [0.717, 1.165) is 0 Å². The van der Waals surface area contributed by atoms with Gasteiger partial charge in [-0.1, -0.05) is 0 Å². The molecule has 0 saturated carbocycles. The van der Waals surface area contributed by atoms with Crippen LogP contribution in [0.1, 0.15) is 21.5 Å². The summed E-state index contributed by atoms with van der Waals surface area (Å²) in [5.74, 6) is 0. The summed E-state index contributed by atoms with van der Waals surface area (Å²) in [5, 5.41) is 0. The third kappa shape index (κ3) is 3.50. The molecule has 0 fully saturated rings. The van der Waals surface area contributed by atoms with Gasteiger partial charge in [0.05, 0.1) is 0 Å². The van der Waals surface area contributed by atoms with Crippen molar-refractivity contribution >= 4 is 6.29 Å². The number of halogens is 14. The molecule has 1 rings (SSSR count). The predicted octanol–water partition coefficient (Wildman–Crippen LogP) is 6.08. The lowest BCUT2D eigenvalue weighted by Gasteiger charge is -2.33. The Morgan fingerprint density at radius 3 is 0.929 bits per heavy atom. The summed E-state index contributed by atoms with van der Waals surface area (Å²) in [6, 6.07) is -2.41. The van der Waals surface area contributed by atoms with Gasteiger partial charge in [-0.3, -0.25) is 4.79 Å². The number of aldehydes is 1. The maximum atomic E-state index is 14.0. The Kier molecular flexibility index (Phi) is 5.54. The summed E-state index contributed by atoms with van der Waals surface area (Å²) in [6.07, 6.45) is -28.5. The Morgan fingerprint density at radius 2 is 0.750 bits per heavy atom. The Balaban J connectivity index is 4.04. The average Bonchev–Trinajstić information content (AvgIpc) is 2.48. The Bertz CT molecular complexity index is 651. The molecule has 1 aromatic rings. The minimum atomic E-state index is -6.93. The fraction of sp³-hybridized carbons (Fsp3) is 0.462. The molecule has 0 N–H and O–H groups in total. The van der Waals surface area contributed by atoms with Crippen LogP contribution in [-0.2, 0) is 11.3 Å². The standard InChI is InChI=1S/C13H4F14O/c14-8(10(16,17)18,11(19,20)21)6-1-5(4-28)2-7(3-6)9(15,12(22,23)24)13(25,26)27/h1-4H. The van der Waals surface area contributed by atoms with Crippen molar-refractivity contribution in [3.63, 3.8) is 0 Å². The van der Waals surface area contributed by atoms with Gasteiger partial charge in [-0.15, -0.1) is 0 Å².